The van der Waals surface area contributed by atoms with Crippen molar-refractivity contribution in [2.75, 3.05) is 0 Å². The third-order valence-corrected chi connectivity index (χ3v) is 6.81. The van der Waals surface area contributed by atoms with Gasteiger partial charge in [0.15, 0.2) is 0 Å². The molecule has 0 aromatic heterocycles. The van der Waals surface area contributed by atoms with Gasteiger partial charge in [0.1, 0.15) is 0 Å². The summed E-state index contributed by atoms with van der Waals surface area (Å²) in [5.41, 5.74) is -0.370. The molecule has 1 aliphatic rings. The monoisotopic (exact) mass is 278 g/mol. The Balaban J connectivity index is 3.15. The molecule has 15 heavy (non-hydrogen) atoms. The topological polar surface area (TPSA) is 20.2 Å². The molecule has 0 aromatic carbocycles. The van der Waals surface area contributed by atoms with E-state index in [9.17, 15) is 5.11 Å². The summed E-state index contributed by atoms with van der Waals surface area (Å²) >= 11 is 0.515. The zero-order valence-corrected chi connectivity index (χ0v) is 12.8. The van der Waals surface area contributed by atoms with Crippen molar-refractivity contribution in [1.29, 1.82) is 0 Å². The molecule has 0 amide bonds. The second-order valence-corrected chi connectivity index (χ2v) is 8.74. The first-order chi connectivity index (χ1) is 6.69. The maximum absolute atomic E-state index is 11.2. The van der Waals surface area contributed by atoms with Crippen LogP contribution in [0.3, 0.4) is 0 Å². The third kappa shape index (κ3) is 1.90. The van der Waals surface area contributed by atoms with Crippen LogP contribution in [0.1, 0.15) is 53.9 Å². The van der Waals surface area contributed by atoms with Crippen molar-refractivity contribution >= 4 is 15.0 Å². The molecule has 0 heterocycles. The summed E-state index contributed by atoms with van der Waals surface area (Å²) < 4.78 is 0. The summed E-state index contributed by atoms with van der Waals surface area (Å²) in [6.45, 7) is 11.2. The summed E-state index contributed by atoms with van der Waals surface area (Å²) in [7, 11) is 0. The van der Waals surface area contributed by atoms with Crippen molar-refractivity contribution in [3.63, 3.8) is 0 Å². The second-order valence-electron chi connectivity index (χ2n) is 6.27. The molecule has 1 atom stereocenters. The first-order valence-corrected chi connectivity index (χ1v) is 8.64. The summed E-state index contributed by atoms with van der Waals surface area (Å²) in [5.74, 6) is 2.25. The number of hydrogen-bond donors (Lipinski definition) is 1. The third-order valence-electron chi connectivity index (χ3n) is 4.61. The Hall–Kier alpha value is 0.479. The average molecular weight is 277 g/mol. The molecule has 0 aromatic rings. The predicted octanol–water partition coefficient (Wildman–Crippen LogP) is 3.51. The predicted molar refractivity (Wildman–Crippen MR) is 67.4 cm³/mol. The van der Waals surface area contributed by atoms with Crippen molar-refractivity contribution in [1.82, 2.24) is 0 Å². The van der Waals surface area contributed by atoms with Gasteiger partial charge in [-0.3, -0.25) is 0 Å². The van der Waals surface area contributed by atoms with Gasteiger partial charge in [0.25, 0.3) is 0 Å². The van der Waals surface area contributed by atoms with Gasteiger partial charge in [-0.05, 0) is 0 Å². The van der Waals surface area contributed by atoms with Gasteiger partial charge >= 0.3 is 101 Å². The summed E-state index contributed by atoms with van der Waals surface area (Å²) in [5, 5.41) is 11.2. The van der Waals surface area contributed by atoms with Crippen molar-refractivity contribution in [3.05, 3.63) is 0 Å². The van der Waals surface area contributed by atoms with E-state index in [-0.39, 0.29) is 10.8 Å². The Morgan fingerprint density at radius 3 is 1.80 bits per heavy atom. The quantitative estimate of drug-likeness (QED) is 0.766. The molecule has 1 fully saturated rings. The van der Waals surface area contributed by atoms with Gasteiger partial charge in [-0.25, -0.2) is 0 Å². The molecule has 1 N–H and O–H groups in total. The first kappa shape index (κ1) is 13.5. The van der Waals surface area contributed by atoms with E-state index >= 15 is 0 Å². The van der Waals surface area contributed by atoms with Crippen LogP contribution in [0.25, 0.3) is 0 Å². The molecule has 1 rings (SSSR count). The van der Waals surface area contributed by atoms with Crippen LogP contribution in [0.4, 0.5) is 0 Å². The molecule has 0 radical (unpaired) electrons. The standard InChI is InChI=1S/C13H26OSe/c1-10(15-6)13(14)11(2,3)8-7-9-12(13,4)5/h10,14H,7-9H2,1-6H3. The van der Waals surface area contributed by atoms with Gasteiger partial charge in [-0.2, -0.15) is 0 Å². The van der Waals surface area contributed by atoms with Crippen molar-refractivity contribution in [2.24, 2.45) is 10.8 Å². The van der Waals surface area contributed by atoms with E-state index in [1.165, 1.54) is 6.42 Å². The molecule has 1 nitrogen and oxygen atoms in total. The second kappa shape index (κ2) is 4.05. The van der Waals surface area contributed by atoms with Crippen LogP contribution in [0.5, 0.6) is 0 Å². The normalized spacial score (nSPS) is 29.8. The van der Waals surface area contributed by atoms with Gasteiger partial charge in [0, 0.05) is 0 Å². The van der Waals surface area contributed by atoms with Crippen molar-refractivity contribution in [3.8, 4) is 0 Å². The SMILES string of the molecule is C[Se]C(C)C1(O)C(C)(C)CCCC1(C)C. The minimum absolute atomic E-state index is 0.0614. The molecule has 0 bridgehead atoms. The Labute approximate surface area is 101 Å². The van der Waals surface area contributed by atoms with Gasteiger partial charge < -0.3 is 0 Å². The van der Waals surface area contributed by atoms with Crippen LogP contribution in [0.15, 0.2) is 0 Å². The molecular formula is C13H26OSe. The van der Waals surface area contributed by atoms with Crippen molar-refractivity contribution in [2.45, 2.75) is 70.1 Å². The average Bonchev–Trinajstić information content (AvgIpc) is 2.12. The van der Waals surface area contributed by atoms with Crippen LogP contribution < -0.4 is 0 Å². The fraction of sp³-hybridized carbons (Fsp3) is 1.00. The fourth-order valence-electron chi connectivity index (χ4n) is 3.54. The van der Waals surface area contributed by atoms with Gasteiger partial charge in [0.05, 0.1) is 0 Å². The van der Waals surface area contributed by atoms with E-state index in [0.29, 0.717) is 19.8 Å². The van der Waals surface area contributed by atoms with E-state index in [2.05, 4.69) is 40.4 Å². The van der Waals surface area contributed by atoms with Crippen LogP contribution in [0.2, 0.25) is 10.6 Å². The molecule has 1 unspecified atom stereocenters. The Kier molecular flexibility index (Phi) is 3.66. The van der Waals surface area contributed by atoms with E-state index in [1.54, 1.807) is 0 Å². The Morgan fingerprint density at radius 2 is 1.47 bits per heavy atom. The Morgan fingerprint density at radius 1 is 1.07 bits per heavy atom. The number of hydrogen-bond acceptors (Lipinski definition) is 1. The number of aliphatic hydroxyl groups is 1. The number of rotatable bonds is 2. The molecule has 0 spiro atoms. The molecular weight excluding hydrogens is 251 g/mol. The van der Waals surface area contributed by atoms with E-state index < -0.39 is 5.60 Å². The molecule has 2 heteroatoms. The van der Waals surface area contributed by atoms with Gasteiger partial charge in [0.2, 0.25) is 0 Å². The first-order valence-electron chi connectivity index (χ1n) is 5.94. The van der Waals surface area contributed by atoms with Crippen LogP contribution in [-0.4, -0.2) is 25.7 Å². The Bertz CT molecular complexity index is 217. The van der Waals surface area contributed by atoms with E-state index in [4.69, 9.17) is 0 Å². The van der Waals surface area contributed by atoms with E-state index in [1.807, 2.05) is 0 Å². The van der Waals surface area contributed by atoms with Gasteiger partial charge in [-0.1, -0.05) is 0 Å². The summed E-state index contributed by atoms with van der Waals surface area (Å²) in [6.07, 6.45) is 3.58. The summed E-state index contributed by atoms with van der Waals surface area (Å²) in [6, 6.07) is 0. The molecule has 1 saturated carbocycles. The molecule has 90 valence electrons. The van der Waals surface area contributed by atoms with Crippen LogP contribution in [-0.2, 0) is 0 Å². The van der Waals surface area contributed by atoms with Crippen LogP contribution >= 0.6 is 0 Å². The summed E-state index contributed by atoms with van der Waals surface area (Å²) in [4.78, 5) is 0.440. The maximum atomic E-state index is 11.2. The minimum atomic E-state index is -0.493. The van der Waals surface area contributed by atoms with Crippen molar-refractivity contribution < 1.29 is 5.11 Å². The fourth-order valence-corrected chi connectivity index (χ4v) is 5.59. The van der Waals surface area contributed by atoms with Gasteiger partial charge in [-0.15, -0.1) is 0 Å². The molecule has 0 aliphatic heterocycles. The van der Waals surface area contributed by atoms with E-state index in [0.717, 1.165) is 12.8 Å². The zero-order valence-electron chi connectivity index (χ0n) is 11.1. The molecule has 0 saturated heterocycles. The van der Waals surface area contributed by atoms with Crippen LogP contribution in [0, 0.1) is 10.8 Å². The zero-order chi connectivity index (χ0) is 11.9. The molecule has 1 aliphatic carbocycles.